The highest BCUT2D eigenvalue weighted by atomic mass is 32.2. The minimum Gasteiger partial charge on any atom is -0.481 e. The summed E-state index contributed by atoms with van der Waals surface area (Å²) in [5.74, 6) is 0.553. The van der Waals surface area contributed by atoms with Gasteiger partial charge in [-0.1, -0.05) is 25.6 Å². The third kappa shape index (κ3) is 3.01. The lowest BCUT2D eigenvalue weighted by Gasteiger charge is -2.31. The molecule has 1 fully saturated rings. The van der Waals surface area contributed by atoms with E-state index in [1.54, 1.807) is 4.68 Å². The summed E-state index contributed by atoms with van der Waals surface area (Å²) < 4.78 is 1.80. The molecule has 0 amide bonds. The number of rotatable bonds is 4. The quantitative estimate of drug-likeness (QED) is 0.841. The van der Waals surface area contributed by atoms with Gasteiger partial charge in [0, 0.05) is 0 Å². The Labute approximate surface area is 110 Å². The van der Waals surface area contributed by atoms with Crippen LogP contribution in [0.15, 0.2) is 5.16 Å². The van der Waals surface area contributed by atoms with Crippen molar-refractivity contribution in [2.45, 2.75) is 44.3 Å². The first-order valence-corrected chi connectivity index (χ1v) is 7.19. The molecule has 0 saturated heterocycles. The van der Waals surface area contributed by atoms with Crippen LogP contribution in [0.5, 0.6) is 0 Å². The highest BCUT2D eigenvalue weighted by Crippen LogP contribution is 2.36. The summed E-state index contributed by atoms with van der Waals surface area (Å²) >= 11 is 1.18. The maximum absolute atomic E-state index is 10.6. The first kappa shape index (κ1) is 13.3. The Morgan fingerprint density at radius 3 is 2.89 bits per heavy atom. The van der Waals surface area contributed by atoms with Gasteiger partial charge in [0.1, 0.15) is 0 Å². The first-order chi connectivity index (χ1) is 8.58. The van der Waals surface area contributed by atoms with Crippen molar-refractivity contribution in [2.75, 3.05) is 5.75 Å². The average Bonchev–Trinajstić information content (AvgIpc) is 2.78. The van der Waals surface area contributed by atoms with Crippen LogP contribution >= 0.6 is 11.8 Å². The molecule has 0 aromatic carbocycles. The number of carbonyl (C=O) groups is 1. The van der Waals surface area contributed by atoms with Crippen LogP contribution in [0.25, 0.3) is 0 Å². The molecule has 1 N–H and O–H groups in total. The SMILES string of the molecule is CC1CCC(n2nnnc2SCC(=O)O)CC1C. The van der Waals surface area contributed by atoms with Crippen LogP contribution in [0, 0.1) is 11.8 Å². The summed E-state index contributed by atoms with van der Waals surface area (Å²) in [5, 5.41) is 20.9. The van der Waals surface area contributed by atoms with Crippen LogP contribution < -0.4 is 0 Å². The zero-order chi connectivity index (χ0) is 13.1. The number of tetrazole rings is 1. The number of thioether (sulfide) groups is 1. The van der Waals surface area contributed by atoms with Crippen LogP contribution in [-0.4, -0.2) is 37.0 Å². The van der Waals surface area contributed by atoms with Crippen LogP contribution in [0.1, 0.15) is 39.2 Å². The molecule has 1 aromatic rings. The van der Waals surface area contributed by atoms with Gasteiger partial charge in [-0.3, -0.25) is 4.79 Å². The number of aliphatic carboxylic acids is 1. The molecule has 1 aliphatic rings. The van der Waals surface area contributed by atoms with E-state index in [0.717, 1.165) is 18.8 Å². The second-order valence-corrected chi connectivity index (χ2v) is 5.95. The number of carboxylic acids is 1. The van der Waals surface area contributed by atoms with E-state index in [9.17, 15) is 4.79 Å². The van der Waals surface area contributed by atoms with E-state index >= 15 is 0 Å². The van der Waals surface area contributed by atoms with Crippen molar-refractivity contribution in [1.82, 2.24) is 20.2 Å². The predicted molar refractivity (Wildman–Crippen MR) is 67.4 cm³/mol. The van der Waals surface area contributed by atoms with Crippen LogP contribution in [0.4, 0.5) is 0 Å². The molecule has 0 bridgehead atoms. The monoisotopic (exact) mass is 270 g/mol. The van der Waals surface area contributed by atoms with Crippen LogP contribution in [0.2, 0.25) is 0 Å². The molecule has 7 heteroatoms. The summed E-state index contributed by atoms with van der Waals surface area (Å²) in [6.07, 6.45) is 3.30. The number of aromatic nitrogens is 4. The maximum Gasteiger partial charge on any atom is 0.313 e. The zero-order valence-electron chi connectivity index (χ0n) is 10.6. The Bertz CT molecular complexity index is 423. The highest BCUT2D eigenvalue weighted by molar-refractivity contribution is 7.99. The van der Waals surface area contributed by atoms with Crippen molar-refractivity contribution in [2.24, 2.45) is 11.8 Å². The third-order valence-electron chi connectivity index (χ3n) is 3.70. The van der Waals surface area contributed by atoms with E-state index in [0.29, 0.717) is 17.1 Å². The number of nitrogens with zero attached hydrogens (tertiary/aromatic N) is 4. The molecule has 0 spiro atoms. The van der Waals surface area contributed by atoms with Gasteiger partial charge in [0.25, 0.3) is 0 Å². The number of hydrogen-bond acceptors (Lipinski definition) is 5. The van der Waals surface area contributed by atoms with Gasteiger partial charge in [-0.15, -0.1) is 5.10 Å². The largest absolute Gasteiger partial charge is 0.481 e. The molecule has 18 heavy (non-hydrogen) atoms. The second kappa shape index (κ2) is 5.69. The molecule has 1 aliphatic carbocycles. The molecule has 2 rings (SSSR count). The standard InChI is InChI=1S/C11H18N4O2S/c1-7-3-4-9(5-8(7)2)15-11(12-13-14-15)18-6-10(16)17/h7-9H,3-6H2,1-2H3,(H,16,17). The van der Waals surface area contributed by atoms with Gasteiger partial charge in [-0.25, -0.2) is 4.68 Å². The van der Waals surface area contributed by atoms with Gasteiger partial charge in [-0.05, 0) is 41.5 Å². The predicted octanol–water partition coefficient (Wildman–Crippen LogP) is 1.85. The lowest BCUT2D eigenvalue weighted by atomic mass is 9.79. The Kier molecular flexibility index (Phi) is 4.21. The van der Waals surface area contributed by atoms with Gasteiger partial charge >= 0.3 is 5.97 Å². The van der Waals surface area contributed by atoms with Crippen molar-refractivity contribution in [3.05, 3.63) is 0 Å². The zero-order valence-corrected chi connectivity index (χ0v) is 11.4. The van der Waals surface area contributed by atoms with Gasteiger partial charge in [0.15, 0.2) is 0 Å². The summed E-state index contributed by atoms with van der Waals surface area (Å²) in [6, 6.07) is 0.308. The molecule has 0 radical (unpaired) electrons. The highest BCUT2D eigenvalue weighted by Gasteiger charge is 2.28. The van der Waals surface area contributed by atoms with E-state index < -0.39 is 5.97 Å². The van der Waals surface area contributed by atoms with E-state index in [2.05, 4.69) is 29.4 Å². The average molecular weight is 270 g/mol. The topological polar surface area (TPSA) is 80.9 Å². The van der Waals surface area contributed by atoms with Crippen molar-refractivity contribution in [3.8, 4) is 0 Å². The minimum atomic E-state index is -0.847. The summed E-state index contributed by atoms with van der Waals surface area (Å²) in [6.45, 7) is 4.53. The number of carboxylic acid groups (broad SMARTS) is 1. The Balaban J connectivity index is 2.04. The van der Waals surface area contributed by atoms with E-state index in [1.807, 2.05) is 0 Å². The molecular weight excluding hydrogens is 252 g/mol. The molecule has 1 heterocycles. The lowest BCUT2D eigenvalue weighted by Crippen LogP contribution is -2.24. The fraction of sp³-hybridized carbons (Fsp3) is 0.818. The molecule has 3 atom stereocenters. The van der Waals surface area contributed by atoms with E-state index in [1.165, 1.54) is 18.2 Å². The molecule has 0 aliphatic heterocycles. The molecule has 1 aromatic heterocycles. The minimum absolute atomic E-state index is 0.000943. The summed E-state index contributed by atoms with van der Waals surface area (Å²) in [7, 11) is 0. The van der Waals surface area contributed by atoms with Crippen LogP contribution in [-0.2, 0) is 4.79 Å². The number of hydrogen-bond donors (Lipinski definition) is 1. The molecule has 1 saturated carbocycles. The van der Waals surface area contributed by atoms with E-state index in [-0.39, 0.29) is 5.75 Å². The normalized spacial score (nSPS) is 28.2. The fourth-order valence-electron chi connectivity index (χ4n) is 2.38. The fourth-order valence-corrected chi connectivity index (χ4v) is 3.04. The smallest absolute Gasteiger partial charge is 0.313 e. The summed E-state index contributed by atoms with van der Waals surface area (Å²) in [5.41, 5.74) is 0. The molecule has 100 valence electrons. The second-order valence-electron chi connectivity index (χ2n) is 5.01. The Morgan fingerprint density at radius 2 is 2.22 bits per heavy atom. The molecule has 3 unspecified atom stereocenters. The third-order valence-corrected chi connectivity index (χ3v) is 4.62. The lowest BCUT2D eigenvalue weighted by molar-refractivity contribution is -0.133. The Hall–Kier alpha value is -1.11. The Morgan fingerprint density at radius 1 is 1.44 bits per heavy atom. The van der Waals surface area contributed by atoms with Crippen LogP contribution in [0.3, 0.4) is 0 Å². The maximum atomic E-state index is 10.6. The van der Waals surface area contributed by atoms with E-state index in [4.69, 9.17) is 5.11 Å². The van der Waals surface area contributed by atoms with Crippen molar-refractivity contribution < 1.29 is 9.90 Å². The molecule has 6 nitrogen and oxygen atoms in total. The van der Waals surface area contributed by atoms with Crippen molar-refractivity contribution in [1.29, 1.82) is 0 Å². The first-order valence-electron chi connectivity index (χ1n) is 6.20. The van der Waals surface area contributed by atoms with Gasteiger partial charge in [0.05, 0.1) is 11.8 Å². The van der Waals surface area contributed by atoms with Crippen molar-refractivity contribution >= 4 is 17.7 Å². The van der Waals surface area contributed by atoms with Gasteiger partial charge in [0.2, 0.25) is 5.16 Å². The van der Waals surface area contributed by atoms with Gasteiger partial charge < -0.3 is 5.11 Å². The van der Waals surface area contributed by atoms with Gasteiger partial charge in [-0.2, -0.15) is 0 Å². The molecular formula is C11H18N4O2S. The van der Waals surface area contributed by atoms with Crippen molar-refractivity contribution in [3.63, 3.8) is 0 Å². The summed E-state index contributed by atoms with van der Waals surface area (Å²) in [4.78, 5) is 10.6.